The Morgan fingerprint density at radius 1 is 1.03 bits per heavy atom. The third kappa shape index (κ3) is 5.31. The maximum Gasteiger partial charge on any atom is 0.251 e. The number of rotatable bonds is 6. The van der Waals surface area contributed by atoms with Gasteiger partial charge in [-0.1, -0.05) is 54.6 Å². The summed E-state index contributed by atoms with van der Waals surface area (Å²) in [6.45, 7) is 3.83. The highest BCUT2D eigenvalue weighted by Gasteiger charge is 2.20. The number of carbonyl (C=O) groups excluding carboxylic acids is 2. The molecule has 3 rings (SSSR count). The molecule has 0 aliphatic heterocycles. The third-order valence-electron chi connectivity index (χ3n) is 4.79. The summed E-state index contributed by atoms with van der Waals surface area (Å²) < 4.78 is 0. The molecule has 0 spiro atoms. The maximum absolute atomic E-state index is 12.4. The lowest BCUT2D eigenvalue weighted by Crippen LogP contribution is -2.35. The van der Waals surface area contributed by atoms with Gasteiger partial charge in [-0.05, 0) is 48.3 Å². The normalized spacial score (nSPS) is 10.5. The number of amides is 2. The van der Waals surface area contributed by atoms with Crippen LogP contribution in [0.2, 0.25) is 0 Å². The summed E-state index contributed by atoms with van der Waals surface area (Å²) >= 11 is 6.72. The Morgan fingerprint density at radius 3 is 2.37 bits per heavy atom. The van der Waals surface area contributed by atoms with Crippen molar-refractivity contribution in [2.75, 3.05) is 5.32 Å². The van der Waals surface area contributed by atoms with Crippen LogP contribution in [-0.4, -0.2) is 16.9 Å². The van der Waals surface area contributed by atoms with E-state index in [9.17, 15) is 9.59 Å². The number of anilines is 1. The maximum atomic E-state index is 12.4. The third-order valence-corrected chi connectivity index (χ3v) is 6.20. The second kappa shape index (κ2) is 9.65. The molecule has 1 heterocycles. The van der Waals surface area contributed by atoms with E-state index in [0.29, 0.717) is 17.0 Å². The van der Waals surface area contributed by atoms with Crippen molar-refractivity contribution in [1.29, 1.82) is 0 Å². The van der Waals surface area contributed by atoms with Gasteiger partial charge >= 0.3 is 0 Å². The van der Waals surface area contributed by atoms with Crippen LogP contribution >= 0.6 is 23.6 Å². The van der Waals surface area contributed by atoms with Crippen LogP contribution in [-0.2, 0) is 17.6 Å². The second-order valence-corrected chi connectivity index (χ2v) is 8.50. The van der Waals surface area contributed by atoms with Crippen LogP contribution in [0.5, 0.6) is 0 Å². The van der Waals surface area contributed by atoms with Gasteiger partial charge < -0.3 is 16.4 Å². The first-order valence-electron chi connectivity index (χ1n) is 9.46. The van der Waals surface area contributed by atoms with Gasteiger partial charge in [0, 0.05) is 11.3 Å². The summed E-state index contributed by atoms with van der Waals surface area (Å²) in [4.78, 5) is 25.4. The molecule has 0 radical (unpaired) electrons. The first-order valence-corrected chi connectivity index (χ1v) is 10.7. The van der Waals surface area contributed by atoms with Crippen molar-refractivity contribution in [2.24, 2.45) is 5.73 Å². The largest absolute Gasteiger partial charge is 0.365 e. The quantitative estimate of drug-likeness (QED) is 0.507. The molecule has 4 N–H and O–H groups in total. The zero-order chi connectivity index (χ0) is 21.7. The Morgan fingerprint density at radius 2 is 1.70 bits per heavy atom. The summed E-state index contributed by atoms with van der Waals surface area (Å²) in [7, 11) is 0. The van der Waals surface area contributed by atoms with Gasteiger partial charge in [0.05, 0.1) is 12.0 Å². The van der Waals surface area contributed by atoms with Gasteiger partial charge in [-0.15, -0.1) is 11.3 Å². The first kappa shape index (κ1) is 21.7. The van der Waals surface area contributed by atoms with Crippen molar-refractivity contribution in [3.8, 4) is 0 Å². The number of hydrogen-bond acceptors (Lipinski definition) is 4. The van der Waals surface area contributed by atoms with E-state index in [2.05, 4.69) is 10.6 Å². The zero-order valence-corrected chi connectivity index (χ0v) is 18.5. The van der Waals surface area contributed by atoms with Crippen LogP contribution in [0.4, 0.5) is 5.00 Å². The highest BCUT2D eigenvalue weighted by molar-refractivity contribution is 7.80. The van der Waals surface area contributed by atoms with Gasteiger partial charge in [-0.3, -0.25) is 9.59 Å². The lowest BCUT2D eigenvalue weighted by Gasteiger charge is -2.10. The number of thiophene rings is 1. The number of nitrogens with two attached hydrogens (primary N) is 1. The first-order chi connectivity index (χ1) is 14.3. The lowest BCUT2D eigenvalue weighted by molar-refractivity contribution is -0.119. The molecule has 0 atom stereocenters. The summed E-state index contributed by atoms with van der Waals surface area (Å²) in [5, 5.41) is 6.36. The number of primary amides is 1. The fourth-order valence-electron chi connectivity index (χ4n) is 3.18. The van der Waals surface area contributed by atoms with Crippen LogP contribution in [0.3, 0.4) is 0 Å². The van der Waals surface area contributed by atoms with Crippen LogP contribution < -0.4 is 16.4 Å². The number of carbonyl (C=O) groups is 2. The number of benzene rings is 2. The molecule has 5 nitrogen and oxygen atoms in total. The van der Waals surface area contributed by atoms with Gasteiger partial charge in [0.1, 0.15) is 5.00 Å². The van der Waals surface area contributed by atoms with Gasteiger partial charge in [-0.25, -0.2) is 0 Å². The number of aryl methyl sites for hydroxylation is 1. The van der Waals surface area contributed by atoms with Crippen molar-refractivity contribution in [3.05, 3.63) is 87.3 Å². The van der Waals surface area contributed by atoms with E-state index in [1.165, 1.54) is 11.3 Å². The topological polar surface area (TPSA) is 84.2 Å². The van der Waals surface area contributed by atoms with Gasteiger partial charge in [-0.2, -0.15) is 0 Å². The standard InChI is InChI=1S/C23H23N3O2S2/c1-14-8-6-7-11-17(14)13-19(27)25-23(29)26-22-20(21(24)28)15(2)18(30-22)12-16-9-4-3-5-10-16/h3-11H,12-13H2,1-2H3,(H2,24,28)(H2,25,26,27,29). The minimum atomic E-state index is -0.528. The van der Waals surface area contributed by atoms with Gasteiger partial charge in [0.25, 0.3) is 5.91 Å². The summed E-state index contributed by atoms with van der Waals surface area (Å²) in [5.74, 6) is -0.750. The summed E-state index contributed by atoms with van der Waals surface area (Å²) in [6, 6.07) is 17.7. The Hall–Kier alpha value is -3.03. The summed E-state index contributed by atoms with van der Waals surface area (Å²) in [5.41, 5.74) is 9.96. The Kier molecular flexibility index (Phi) is 6.97. The number of thiocarbonyl (C=S) groups is 1. The van der Waals surface area contributed by atoms with Crippen molar-refractivity contribution >= 4 is 45.5 Å². The average molecular weight is 438 g/mol. The predicted octanol–water partition coefficient (Wildman–Crippen LogP) is 4.11. The minimum Gasteiger partial charge on any atom is -0.365 e. The molecular formula is C23H23N3O2S2. The van der Waals surface area contributed by atoms with Crippen molar-refractivity contribution in [2.45, 2.75) is 26.7 Å². The van der Waals surface area contributed by atoms with E-state index in [0.717, 1.165) is 27.1 Å². The molecule has 30 heavy (non-hydrogen) atoms. The number of hydrogen-bond donors (Lipinski definition) is 3. The van der Waals surface area contributed by atoms with E-state index in [1.54, 1.807) is 0 Å². The SMILES string of the molecule is Cc1ccccc1CC(=O)NC(=S)Nc1sc(Cc2ccccc2)c(C)c1C(N)=O. The highest BCUT2D eigenvalue weighted by Crippen LogP contribution is 2.34. The molecule has 0 aliphatic carbocycles. The fraction of sp³-hybridized carbons (Fsp3) is 0.174. The number of nitrogens with one attached hydrogen (secondary N) is 2. The van der Waals surface area contributed by atoms with Crippen LogP contribution in [0.25, 0.3) is 0 Å². The molecule has 0 saturated carbocycles. The molecule has 3 aromatic rings. The van der Waals surface area contributed by atoms with Crippen LogP contribution in [0.15, 0.2) is 54.6 Å². The molecule has 154 valence electrons. The molecule has 7 heteroatoms. The van der Waals surface area contributed by atoms with Crippen molar-refractivity contribution < 1.29 is 9.59 Å². The molecule has 0 fully saturated rings. The van der Waals surface area contributed by atoms with Crippen LogP contribution in [0.1, 0.15) is 37.5 Å². The zero-order valence-electron chi connectivity index (χ0n) is 16.8. The highest BCUT2D eigenvalue weighted by atomic mass is 32.1. The van der Waals surface area contributed by atoms with Crippen molar-refractivity contribution in [3.63, 3.8) is 0 Å². The molecule has 2 amide bonds. The molecule has 2 aromatic carbocycles. The van der Waals surface area contributed by atoms with E-state index < -0.39 is 5.91 Å². The average Bonchev–Trinajstić information content (AvgIpc) is 2.99. The molecular weight excluding hydrogens is 414 g/mol. The summed E-state index contributed by atoms with van der Waals surface area (Å²) in [6.07, 6.45) is 0.908. The Balaban J connectivity index is 1.72. The molecule has 1 aromatic heterocycles. The van der Waals surface area contributed by atoms with Crippen LogP contribution in [0, 0.1) is 13.8 Å². The Bertz CT molecular complexity index is 1090. The molecule has 0 bridgehead atoms. The van der Waals surface area contributed by atoms with Crippen molar-refractivity contribution in [1.82, 2.24) is 5.32 Å². The van der Waals surface area contributed by atoms with E-state index >= 15 is 0 Å². The second-order valence-electron chi connectivity index (χ2n) is 6.99. The molecule has 0 saturated heterocycles. The fourth-order valence-corrected chi connectivity index (χ4v) is 4.71. The van der Waals surface area contributed by atoms with E-state index in [4.69, 9.17) is 18.0 Å². The van der Waals surface area contributed by atoms with Gasteiger partial charge in [0.2, 0.25) is 5.91 Å². The van der Waals surface area contributed by atoms with E-state index in [-0.39, 0.29) is 17.4 Å². The lowest BCUT2D eigenvalue weighted by atomic mass is 10.1. The van der Waals surface area contributed by atoms with Gasteiger partial charge in [0.15, 0.2) is 5.11 Å². The Labute approximate surface area is 185 Å². The van der Waals surface area contributed by atoms with E-state index in [1.807, 2.05) is 68.4 Å². The minimum absolute atomic E-state index is 0.142. The molecule has 0 unspecified atom stereocenters. The monoisotopic (exact) mass is 437 g/mol. The predicted molar refractivity (Wildman–Crippen MR) is 126 cm³/mol. The molecule has 0 aliphatic rings. The smallest absolute Gasteiger partial charge is 0.251 e.